The van der Waals surface area contributed by atoms with E-state index in [4.69, 9.17) is 4.42 Å². The molecule has 1 amide bonds. The van der Waals surface area contributed by atoms with Crippen LogP contribution in [-0.2, 0) is 0 Å². The smallest absolute Gasteiger partial charge is 0.277 e. The third-order valence-corrected chi connectivity index (χ3v) is 3.43. The normalized spacial score (nSPS) is 11.0. The summed E-state index contributed by atoms with van der Waals surface area (Å²) in [5.41, 5.74) is 2.27. The zero-order valence-corrected chi connectivity index (χ0v) is 12.1. The van der Waals surface area contributed by atoms with E-state index in [1.807, 2.05) is 6.92 Å². The molecule has 0 atom stereocenters. The van der Waals surface area contributed by atoms with Crippen molar-refractivity contribution in [3.05, 3.63) is 54.4 Å². The molecule has 114 valence electrons. The Labute approximate surface area is 130 Å². The van der Waals surface area contributed by atoms with Crippen LogP contribution in [0.5, 0.6) is 0 Å². The summed E-state index contributed by atoms with van der Waals surface area (Å²) >= 11 is 0. The fourth-order valence-electron chi connectivity index (χ4n) is 2.34. The van der Waals surface area contributed by atoms with Crippen LogP contribution in [0.3, 0.4) is 0 Å². The van der Waals surface area contributed by atoms with Gasteiger partial charge in [0.15, 0.2) is 17.1 Å². The number of aromatic nitrogens is 5. The van der Waals surface area contributed by atoms with Gasteiger partial charge in [0.2, 0.25) is 0 Å². The van der Waals surface area contributed by atoms with E-state index in [0.29, 0.717) is 28.6 Å². The molecule has 4 aromatic heterocycles. The molecule has 2 N–H and O–H groups in total. The molecule has 0 bridgehead atoms. The van der Waals surface area contributed by atoms with Crippen molar-refractivity contribution >= 4 is 17.4 Å². The van der Waals surface area contributed by atoms with Gasteiger partial charge < -0.3 is 9.73 Å². The number of nitrogens with one attached hydrogen (secondary N) is 2. The first-order chi connectivity index (χ1) is 11.2. The molecule has 0 saturated carbocycles. The number of hydrogen-bond acceptors (Lipinski definition) is 5. The topological polar surface area (TPSA) is 101 Å². The Morgan fingerprint density at radius 1 is 1.43 bits per heavy atom. The van der Waals surface area contributed by atoms with Gasteiger partial charge in [-0.1, -0.05) is 0 Å². The zero-order valence-electron chi connectivity index (χ0n) is 12.1. The average molecular weight is 308 g/mol. The van der Waals surface area contributed by atoms with Crippen LogP contribution in [0.15, 0.2) is 47.5 Å². The van der Waals surface area contributed by atoms with E-state index in [1.54, 1.807) is 47.5 Å². The number of rotatable bonds is 3. The number of aromatic amines is 1. The number of H-pyrrole nitrogens is 1. The molecular weight excluding hydrogens is 296 g/mol. The number of hydrogen-bond donors (Lipinski definition) is 2. The van der Waals surface area contributed by atoms with Crippen molar-refractivity contribution in [2.45, 2.75) is 6.92 Å². The SMILES string of the molecule is Cc1nc2cnccn2c1NC(=O)c1cc(-c2ccco2)[nH]n1. The van der Waals surface area contributed by atoms with Crippen molar-refractivity contribution in [1.29, 1.82) is 0 Å². The van der Waals surface area contributed by atoms with Gasteiger partial charge in [-0.3, -0.25) is 19.3 Å². The van der Waals surface area contributed by atoms with Crippen LogP contribution in [0, 0.1) is 6.92 Å². The van der Waals surface area contributed by atoms with Crippen molar-refractivity contribution in [2.75, 3.05) is 5.32 Å². The summed E-state index contributed by atoms with van der Waals surface area (Å²) in [6.45, 7) is 1.82. The second-order valence-electron chi connectivity index (χ2n) is 4.95. The van der Waals surface area contributed by atoms with Gasteiger partial charge in [0, 0.05) is 18.5 Å². The highest BCUT2D eigenvalue weighted by Crippen LogP contribution is 2.20. The molecule has 0 aromatic carbocycles. The monoisotopic (exact) mass is 308 g/mol. The Morgan fingerprint density at radius 3 is 3.17 bits per heavy atom. The Kier molecular flexibility index (Phi) is 2.94. The van der Waals surface area contributed by atoms with Gasteiger partial charge in [0.05, 0.1) is 18.2 Å². The minimum Gasteiger partial charge on any atom is -0.463 e. The van der Waals surface area contributed by atoms with Crippen molar-refractivity contribution in [1.82, 2.24) is 24.6 Å². The molecule has 0 fully saturated rings. The van der Waals surface area contributed by atoms with Crippen LogP contribution in [0.1, 0.15) is 16.2 Å². The summed E-state index contributed by atoms with van der Waals surface area (Å²) in [5, 5.41) is 9.64. The van der Waals surface area contributed by atoms with Crippen LogP contribution >= 0.6 is 0 Å². The van der Waals surface area contributed by atoms with Crippen molar-refractivity contribution in [3.8, 4) is 11.5 Å². The quantitative estimate of drug-likeness (QED) is 0.604. The number of anilines is 1. The summed E-state index contributed by atoms with van der Waals surface area (Å²) in [6.07, 6.45) is 6.56. The predicted octanol–water partition coefficient (Wildman–Crippen LogP) is 2.27. The van der Waals surface area contributed by atoms with Gasteiger partial charge in [-0.2, -0.15) is 5.10 Å². The number of furan rings is 1. The number of fused-ring (bicyclic) bond motifs is 1. The molecule has 8 nitrogen and oxygen atoms in total. The van der Waals surface area contributed by atoms with E-state index < -0.39 is 0 Å². The second-order valence-corrected chi connectivity index (χ2v) is 4.95. The van der Waals surface area contributed by atoms with E-state index in [-0.39, 0.29) is 11.6 Å². The van der Waals surface area contributed by atoms with Crippen LogP contribution in [0.25, 0.3) is 17.1 Å². The van der Waals surface area contributed by atoms with Crippen LogP contribution in [-0.4, -0.2) is 30.5 Å². The summed E-state index contributed by atoms with van der Waals surface area (Å²) in [6, 6.07) is 5.19. The number of nitrogens with zero attached hydrogens (tertiary/aromatic N) is 4. The summed E-state index contributed by atoms with van der Waals surface area (Å²) < 4.78 is 7.04. The number of carbonyl (C=O) groups excluding carboxylic acids is 1. The van der Waals surface area contributed by atoms with Gasteiger partial charge in [-0.15, -0.1) is 0 Å². The van der Waals surface area contributed by atoms with Crippen LogP contribution in [0.4, 0.5) is 5.82 Å². The highest BCUT2D eigenvalue weighted by Gasteiger charge is 2.16. The molecule has 8 heteroatoms. The molecule has 0 aliphatic carbocycles. The maximum Gasteiger partial charge on any atom is 0.277 e. The molecule has 0 aliphatic heterocycles. The fraction of sp³-hybridized carbons (Fsp3) is 0.0667. The maximum absolute atomic E-state index is 12.4. The van der Waals surface area contributed by atoms with Gasteiger partial charge in [-0.25, -0.2) is 4.98 Å². The maximum atomic E-state index is 12.4. The van der Waals surface area contributed by atoms with E-state index in [1.165, 1.54) is 0 Å². The van der Waals surface area contributed by atoms with E-state index in [2.05, 4.69) is 25.5 Å². The summed E-state index contributed by atoms with van der Waals surface area (Å²) in [4.78, 5) is 20.8. The number of carbonyl (C=O) groups is 1. The highest BCUT2D eigenvalue weighted by atomic mass is 16.3. The third kappa shape index (κ3) is 2.26. The average Bonchev–Trinajstić information content (AvgIpc) is 3.27. The fourth-order valence-corrected chi connectivity index (χ4v) is 2.34. The minimum absolute atomic E-state index is 0.264. The lowest BCUT2D eigenvalue weighted by Crippen LogP contribution is -2.14. The summed E-state index contributed by atoms with van der Waals surface area (Å²) in [7, 11) is 0. The molecular formula is C15H12N6O2. The zero-order chi connectivity index (χ0) is 15.8. The molecule has 4 aromatic rings. The molecule has 4 heterocycles. The van der Waals surface area contributed by atoms with Crippen molar-refractivity contribution < 1.29 is 9.21 Å². The van der Waals surface area contributed by atoms with Crippen molar-refractivity contribution in [3.63, 3.8) is 0 Å². The predicted molar refractivity (Wildman–Crippen MR) is 82.0 cm³/mol. The molecule has 23 heavy (non-hydrogen) atoms. The Bertz CT molecular complexity index is 983. The first kappa shape index (κ1) is 13.3. The highest BCUT2D eigenvalue weighted by molar-refractivity contribution is 6.03. The van der Waals surface area contributed by atoms with E-state index in [9.17, 15) is 4.79 Å². The molecule has 0 radical (unpaired) electrons. The van der Waals surface area contributed by atoms with Crippen molar-refractivity contribution in [2.24, 2.45) is 0 Å². The Balaban J connectivity index is 1.64. The molecule has 0 saturated heterocycles. The number of imidazole rings is 1. The Hall–Kier alpha value is -3.42. The number of amides is 1. The lowest BCUT2D eigenvalue weighted by Gasteiger charge is -2.03. The lowest BCUT2D eigenvalue weighted by molar-refractivity contribution is 0.102. The summed E-state index contributed by atoms with van der Waals surface area (Å²) in [5.74, 6) is 0.879. The van der Waals surface area contributed by atoms with Gasteiger partial charge in [-0.05, 0) is 19.1 Å². The molecule has 4 rings (SSSR count). The largest absolute Gasteiger partial charge is 0.463 e. The first-order valence-electron chi connectivity index (χ1n) is 6.91. The number of aryl methyl sites for hydroxylation is 1. The third-order valence-electron chi connectivity index (χ3n) is 3.43. The van der Waals surface area contributed by atoms with Gasteiger partial charge in [0.25, 0.3) is 5.91 Å². The van der Waals surface area contributed by atoms with E-state index >= 15 is 0 Å². The van der Waals surface area contributed by atoms with E-state index in [0.717, 1.165) is 0 Å². The Morgan fingerprint density at radius 2 is 2.35 bits per heavy atom. The molecule has 0 unspecified atom stereocenters. The molecule has 0 spiro atoms. The van der Waals surface area contributed by atoms with Crippen LogP contribution in [0.2, 0.25) is 0 Å². The van der Waals surface area contributed by atoms with Crippen LogP contribution < -0.4 is 5.32 Å². The van der Waals surface area contributed by atoms with Gasteiger partial charge >= 0.3 is 0 Å². The standard InChI is InChI=1S/C15H12N6O2/c1-9-14(21-5-4-16-8-13(21)17-9)18-15(22)11-7-10(19-20-11)12-3-2-6-23-12/h2-8H,1H3,(H,18,22)(H,19,20). The lowest BCUT2D eigenvalue weighted by atomic mass is 10.3. The first-order valence-corrected chi connectivity index (χ1v) is 6.91. The van der Waals surface area contributed by atoms with Gasteiger partial charge in [0.1, 0.15) is 11.5 Å². The second kappa shape index (κ2) is 5.09. The molecule has 0 aliphatic rings. The minimum atomic E-state index is -0.333.